The van der Waals surface area contributed by atoms with Gasteiger partial charge in [0.05, 0.1) is 31.6 Å². The third-order valence-corrected chi connectivity index (χ3v) is 7.16. The number of rotatable bonds is 4. The third kappa shape index (κ3) is 3.74. The molecule has 0 bridgehead atoms. The Kier molecular flexibility index (Phi) is 5.77. The summed E-state index contributed by atoms with van der Waals surface area (Å²) in [6.07, 6.45) is 2.20. The largest absolute Gasteiger partial charge is 0.493 e. The van der Waals surface area contributed by atoms with Crippen LogP contribution in [-0.2, 0) is 0 Å². The van der Waals surface area contributed by atoms with Gasteiger partial charge in [0.2, 0.25) is 0 Å². The van der Waals surface area contributed by atoms with Crippen molar-refractivity contribution < 1.29 is 14.3 Å². The van der Waals surface area contributed by atoms with Crippen LogP contribution in [0.25, 0.3) is 5.70 Å². The standard InChI is InChI=1S/C27H26N2O3S/c1-18-16-23(28-14-15-33-26-11-7-6-10-22(26)28)20-8-4-5-9-21(20)29(18)27(30)19-12-13-24(31-2)25(17-19)32-3/h4-13,16-18H,14-15H2,1-3H3. The molecule has 2 aliphatic rings. The maximum atomic E-state index is 13.7. The topological polar surface area (TPSA) is 42.0 Å². The van der Waals surface area contributed by atoms with E-state index >= 15 is 0 Å². The highest BCUT2D eigenvalue weighted by molar-refractivity contribution is 7.99. The van der Waals surface area contributed by atoms with Gasteiger partial charge in [0.1, 0.15) is 0 Å². The minimum absolute atomic E-state index is 0.0687. The summed E-state index contributed by atoms with van der Waals surface area (Å²) in [6, 6.07) is 21.9. The number of benzene rings is 3. The number of anilines is 2. The van der Waals surface area contributed by atoms with Crippen LogP contribution in [0, 0.1) is 0 Å². The molecule has 5 nitrogen and oxygen atoms in total. The fraction of sp³-hybridized carbons (Fsp3) is 0.222. The second-order valence-corrected chi connectivity index (χ2v) is 9.16. The summed E-state index contributed by atoms with van der Waals surface area (Å²) >= 11 is 1.89. The highest BCUT2D eigenvalue weighted by Gasteiger charge is 2.33. The highest BCUT2D eigenvalue weighted by Crippen LogP contribution is 2.43. The van der Waals surface area contributed by atoms with Crippen LogP contribution in [-0.4, -0.2) is 38.5 Å². The molecule has 0 radical (unpaired) electrons. The van der Waals surface area contributed by atoms with Gasteiger partial charge in [-0.15, -0.1) is 11.8 Å². The molecule has 3 aromatic rings. The summed E-state index contributed by atoms with van der Waals surface area (Å²) in [6.45, 7) is 3.00. The molecule has 5 rings (SSSR count). The number of nitrogens with zero attached hydrogens (tertiary/aromatic N) is 2. The van der Waals surface area contributed by atoms with Crippen LogP contribution in [0.3, 0.4) is 0 Å². The number of para-hydroxylation sites is 2. The first-order valence-corrected chi connectivity index (χ1v) is 12.0. The minimum Gasteiger partial charge on any atom is -0.493 e. The molecule has 0 spiro atoms. The summed E-state index contributed by atoms with van der Waals surface area (Å²) in [5, 5.41) is 0. The summed E-state index contributed by atoms with van der Waals surface area (Å²) in [4.78, 5) is 19.2. The molecule has 1 amide bonds. The van der Waals surface area contributed by atoms with Gasteiger partial charge < -0.3 is 19.3 Å². The Morgan fingerprint density at radius 3 is 2.45 bits per heavy atom. The number of amides is 1. The summed E-state index contributed by atoms with van der Waals surface area (Å²) in [5.74, 6) is 2.10. The second-order valence-electron chi connectivity index (χ2n) is 8.02. The Morgan fingerprint density at radius 2 is 1.67 bits per heavy atom. The van der Waals surface area contributed by atoms with Gasteiger partial charge in [0, 0.05) is 34.0 Å². The van der Waals surface area contributed by atoms with Gasteiger partial charge >= 0.3 is 0 Å². The van der Waals surface area contributed by atoms with Crippen LogP contribution in [0.2, 0.25) is 0 Å². The SMILES string of the molecule is COc1ccc(C(=O)N2c3ccccc3C(N3CCSc4ccccc43)=CC2C)cc1OC. The number of hydrogen-bond acceptors (Lipinski definition) is 5. The number of hydrogen-bond donors (Lipinski definition) is 0. The van der Waals surface area contributed by atoms with Gasteiger partial charge in [-0.1, -0.05) is 30.3 Å². The first-order valence-electron chi connectivity index (χ1n) is 11.0. The van der Waals surface area contributed by atoms with E-state index in [1.165, 1.54) is 10.6 Å². The average molecular weight is 459 g/mol. The van der Waals surface area contributed by atoms with Crippen molar-refractivity contribution in [2.45, 2.75) is 17.9 Å². The number of fused-ring (bicyclic) bond motifs is 2. The molecule has 6 heteroatoms. The van der Waals surface area contributed by atoms with E-state index in [-0.39, 0.29) is 11.9 Å². The van der Waals surface area contributed by atoms with Crippen molar-refractivity contribution in [2.75, 3.05) is 36.3 Å². The van der Waals surface area contributed by atoms with E-state index in [1.54, 1.807) is 32.4 Å². The van der Waals surface area contributed by atoms with E-state index in [9.17, 15) is 4.79 Å². The maximum absolute atomic E-state index is 13.7. The molecular weight excluding hydrogens is 432 g/mol. The first kappa shape index (κ1) is 21.5. The maximum Gasteiger partial charge on any atom is 0.258 e. The molecular formula is C27H26N2O3S. The molecule has 0 fully saturated rings. The lowest BCUT2D eigenvalue weighted by Gasteiger charge is -2.40. The molecule has 168 valence electrons. The number of ether oxygens (including phenoxy) is 2. The molecule has 2 heterocycles. The first-order chi connectivity index (χ1) is 16.1. The van der Waals surface area contributed by atoms with E-state index in [0.29, 0.717) is 17.1 Å². The predicted molar refractivity (Wildman–Crippen MR) is 135 cm³/mol. The molecule has 0 aliphatic carbocycles. The Hall–Kier alpha value is -3.38. The Balaban J connectivity index is 1.56. The molecule has 0 saturated carbocycles. The van der Waals surface area contributed by atoms with Crippen molar-refractivity contribution in [3.63, 3.8) is 0 Å². The third-order valence-electron chi connectivity index (χ3n) is 6.11. The lowest BCUT2D eigenvalue weighted by atomic mass is 9.97. The molecule has 1 unspecified atom stereocenters. The monoisotopic (exact) mass is 458 g/mol. The van der Waals surface area contributed by atoms with Gasteiger partial charge in [-0.05, 0) is 49.4 Å². The lowest BCUT2D eigenvalue weighted by Crippen LogP contribution is -2.42. The summed E-state index contributed by atoms with van der Waals surface area (Å²) < 4.78 is 10.8. The number of thioether (sulfide) groups is 1. The van der Waals surface area contributed by atoms with Gasteiger partial charge in [-0.25, -0.2) is 0 Å². The molecule has 0 saturated heterocycles. The van der Waals surface area contributed by atoms with E-state index < -0.39 is 0 Å². The molecule has 33 heavy (non-hydrogen) atoms. The van der Waals surface area contributed by atoms with E-state index in [0.717, 1.165) is 29.2 Å². The lowest BCUT2D eigenvalue weighted by molar-refractivity contribution is 0.0982. The summed E-state index contributed by atoms with van der Waals surface area (Å²) in [7, 11) is 3.17. The molecule has 2 aliphatic heterocycles. The van der Waals surface area contributed by atoms with Gasteiger partial charge in [-0.3, -0.25) is 4.79 Å². The second kappa shape index (κ2) is 8.87. The van der Waals surface area contributed by atoms with Crippen molar-refractivity contribution in [1.82, 2.24) is 0 Å². The molecule has 3 aromatic carbocycles. The van der Waals surface area contributed by atoms with Gasteiger partial charge in [0.25, 0.3) is 5.91 Å². The predicted octanol–water partition coefficient (Wildman–Crippen LogP) is 5.71. The zero-order valence-corrected chi connectivity index (χ0v) is 19.8. The van der Waals surface area contributed by atoms with Crippen molar-refractivity contribution in [3.05, 3.63) is 83.9 Å². The minimum atomic E-state index is -0.114. The Morgan fingerprint density at radius 1 is 0.939 bits per heavy atom. The molecule has 0 aromatic heterocycles. The van der Waals surface area contributed by atoms with Crippen LogP contribution in [0.4, 0.5) is 11.4 Å². The van der Waals surface area contributed by atoms with Crippen LogP contribution in [0.1, 0.15) is 22.8 Å². The average Bonchev–Trinajstić information content (AvgIpc) is 2.87. The smallest absolute Gasteiger partial charge is 0.258 e. The number of methoxy groups -OCH3 is 2. The number of carbonyl (C=O) groups excluding carboxylic acids is 1. The summed E-state index contributed by atoms with van der Waals surface area (Å²) in [5.41, 5.74) is 4.92. The quantitative estimate of drug-likeness (QED) is 0.501. The Bertz CT molecular complexity index is 1240. The van der Waals surface area contributed by atoms with Crippen molar-refractivity contribution in [2.24, 2.45) is 0 Å². The van der Waals surface area contributed by atoms with Crippen LogP contribution in [0.15, 0.2) is 77.7 Å². The van der Waals surface area contributed by atoms with E-state index in [2.05, 4.69) is 48.2 Å². The van der Waals surface area contributed by atoms with Gasteiger partial charge in [-0.2, -0.15) is 0 Å². The zero-order chi connectivity index (χ0) is 22.9. The van der Waals surface area contributed by atoms with Crippen LogP contribution >= 0.6 is 11.8 Å². The van der Waals surface area contributed by atoms with Crippen molar-refractivity contribution >= 4 is 34.7 Å². The van der Waals surface area contributed by atoms with Crippen LogP contribution < -0.4 is 19.3 Å². The van der Waals surface area contributed by atoms with Crippen molar-refractivity contribution in [1.29, 1.82) is 0 Å². The zero-order valence-electron chi connectivity index (χ0n) is 18.9. The fourth-order valence-electron chi connectivity index (χ4n) is 4.57. The van der Waals surface area contributed by atoms with E-state index in [1.807, 2.05) is 34.9 Å². The fourth-order valence-corrected chi connectivity index (χ4v) is 5.56. The van der Waals surface area contributed by atoms with E-state index in [4.69, 9.17) is 9.47 Å². The number of carbonyl (C=O) groups is 1. The molecule has 1 atom stereocenters. The Labute approximate surface area is 198 Å². The van der Waals surface area contributed by atoms with Crippen LogP contribution in [0.5, 0.6) is 11.5 Å². The highest BCUT2D eigenvalue weighted by atomic mass is 32.2. The molecule has 0 N–H and O–H groups in total. The van der Waals surface area contributed by atoms with Crippen molar-refractivity contribution in [3.8, 4) is 11.5 Å². The van der Waals surface area contributed by atoms with Gasteiger partial charge in [0.15, 0.2) is 11.5 Å². The normalized spacial score (nSPS) is 17.1.